The molecule has 1 amide bonds. The van der Waals surface area contributed by atoms with Crippen molar-refractivity contribution in [3.63, 3.8) is 0 Å². The molecule has 1 heterocycles. The number of anilines is 1. The first-order valence-electron chi connectivity index (χ1n) is 8.31. The number of carboxylic acid groups (broad SMARTS) is 1. The number of amides is 1. The van der Waals surface area contributed by atoms with Crippen molar-refractivity contribution in [3.05, 3.63) is 65.2 Å². The third-order valence-corrected chi connectivity index (χ3v) is 4.61. The van der Waals surface area contributed by atoms with Crippen LogP contribution in [0.1, 0.15) is 47.1 Å². The SMILES string of the molecule is COc1ccc2c(c1)C(C)=CC(C)(C)N2C(=O)c1ccccc1C(=O)O. The second-order valence-electron chi connectivity index (χ2n) is 6.86. The van der Waals surface area contributed by atoms with Crippen LogP contribution in [-0.4, -0.2) is 29.6 Å². The summed E-state index contributed by atoms with van der Waals surface area (Å²) < 4.78 is 5.30. The Bertz CT molecular complexity index is 927. The molecule has 1 aliphatic heterocycles. The van der Waals surface area contributed by atoms with Crippen molar-refractivity contribution in [1.29, 1.82) is 0 Å². The molecule has 1 N–H and O–H groups in total. The summed E-state index contributed by atoms with van der Waals surface area (Å²) in [7, 11) is 1.60. The Morgan fingerprint density at radius 3 is 2.35 bits per heavy atom. The largest absolute Gasteiger partial charge is 0.497 e. The van der Waals surface area contributed by atoms with Crippen LogP contribution < -0.4 is 9.64 Å². The van der Waals surface area contributed by atoms with Crippen LogP contribution in [0.5, 0.6) is 5.75 Å². The highest BCUT2D eigenvalue weighted by molar-refractivity contribution is 6.14. The number of allylic oxidation sites excluding steroid dienone is 1. The molecule has 0 aliphatic carbocycles. The predicted octanol–water partition coefficient (Wildman–Crippen LogP) is 4.24. The fourth-order valence-corrected chi connectivity index (χ4v) is 3.48. The number of ether oxygens (including phenoxy) is 1. The van der Waals surface area contributed by atoms with E-state index in [0.29, 0.717) is 5.75 Å². The van der Waals surface area contributed by atoms with Gasteiger partial charge in [0, 0.05) is 5.56 Å². The average Bonchev–Trinajstić information content (AvgIpc) is 2.60. The van der Waals surface area contributed by atoms with E-state index in [4.69, 9.17) is 4.74 Å². The standard InChI is InChI=1S/C21H21NO4/c1-13-12-21(2,3)22(18-10-9-14(26-4)11-17(13)18)19(23)15-7-5-6-8-16(15)20(24)25/h5-12H,1-4H3,(H,24,25). The molecule has 0 bridgehead atoms. The van der Waals surface area contributed by atoms with Gasteiger partial charge in [-0.3, -0.25) is 9.69 Å². The highest BCUT2D eigenvalue weighted by atomic mass is 16.5. The van der Waals surface area contributed by atoms with Crippen LogP contribution in [0, 0.1) is 0 Å². The molecule has 1 aliphatic rings. The van der Waals surface area contributed by atoms with Gasteiger partial charge in [0.1, 0.15) is 5.75 Å². The van der Waals surface area contributed by atoms with Crippen LogP contribution >= 0.6 is 0 Å². The van der Waals surface area contributed by atoms with E-state index in [-0.39, 0.29) is 17.0 Å². The lowest BCUT2D eigenvalue weighted by Gasteiger charge is -2.41. The summed E-state index contributed by atoms with van der Waals surface area (Å²) in [6, 6.07) is 11.8. The molecule has 0 fully saturated rings. The summed E-state index contributed by atoms with van der Waals surface area (Å²) in [5.41, 5.74) is 2.23. The molecule has 0 aromatic heterocycles. The molecule has 2 aromatic rings. The molecule has 0 spiro atoms. The zero-order valence-electron chi connectivity index (χ0n) is 15.2. The second kappa shape index (κ2) is 6.33. The summed E-state index contributed by atoms with van der Waals surface area (Å²) >= 11 is 0. The number of hydrogen-bond donors (Lipinski definition) is 1. The maximum Gasteiger partial charge on any atom is 0.336 e. The first-order chi connectivity index (χ1) is 12.3. The lowest BCUT2D eigenvalue weighted by atomic mass is 9.87. The van der Waals surface area contributed by atoms with Crippen molar-refractivity contribution in [1.82, 2.24) is 0 Å². The van der Waals surface area contributed by atoms with Crippen LogP contribution in [-0.2, 0) is 0 Å². The molecule has 0 saturated heterocycles. The Hall–Kier alpha value is -3.08. The van der Waals surface area contributed by atoms with Crippen molar-refractivity contribution in [2.75, 3.05) is 12.0 Å². The number of carbonyl (C=O) groups is 2. The number of rotatable bonds is 3. The topological polar surface area (TPSA) is 66.8 Å². The highest BCUT2D eigenvalue weighted by Crippen LogP contribution is 2.41. The number of aromatic carboxylic acids is 1. The maximum atomic E-state index is 13.4. The molecule has 134 valence electrons. The molecular weight excluding hydrogens is 330 g/mol. The van der Waals surface area contributed by atoms with Crippen molar-refractivity contribution >= 4 is 23.1 Å². The van der Waals surface area contributed by atoms with E-state index in [0.717, 1.165) is 16.8 Å². The number of methoxy groups -OCH3 is 1. The molecule has 26 heavy (non-hydrogen) atoms. The Morgan fingerprint density at radius 1 is 1.08 bits per heavy atom. The van der Waals surface area contributed by atoms with E-state index >= 15 is 0 Å². The predicted molar refractivity (Wildman–Crippen MR) is 101 cm³/mol. The van der Waals surface area contributed by atoms with Crippen molar-refractivity contribution < 1.29 is 19.4 Å². The monoisotopic (exact) mass is 351 g/mol. The van der Waals surface area contributed by atoms with E-state index in [9.17, 15) is 14.7 Å². The van der Waals surface area contributed by atoms with Gasteiger partial charge in [0.2, 0.25) is 0 Å². The molecular formula is C21H21NO4. The number of benzene rings is 2. The first kappa shape index (κ1) is 17.7. The molecule has 5 nitrogen and oxygen atoms in total. The lowest BCUT2D eigenvalue weighted by molar-refractivity contribution is 0.0691. The van der Waals surface area contributed by atoms with Crippen molar-refractivity contribution in [2.24, 2.45) is 0 Å². The summed E-state index contributed by atoms with van der Waals surface area (Å²) in [4.78, 5) is 26.6. The number of fused-ring (bicyclic) bond motifs is 1. The van der Waals surface area contributed by atoms with Crippen LogP contribution in [0.25, 0.3) is 5.57 Å². The zero-order chi connectivity index (χ0) is 19.1. The van der Waals surface area contributed by atoms with Crippen LogP contribution in [0.15, 0.2) is 48.5 Å². The zero-order valence-corrected chi connectivity index (χ0v) is 15.2. The van der Waals surface area contributed by atoms with Gasteiger partial charge in [-0.1, -0.05) is 18.2 Å². The van der Waals surface area contributed by atoms with Gasteiger partial charge < -0.3 is 9.84 Å². The van der Waals surface area contributed by atoms with E-state index in [2.05, 4.69) is 0 Å². The lowest BCUT2D eigenvalue weighted by Crippen LogP contribution is -2.49. The smallest absolute Gasteiger partial charge is 0.336 e. The van der Waals surface area contributed by atoms with E-state index in [1.54, 1.807) is 36.3 Å². The third kappa shape index (κ3) is 2.86. The van der Waals surface area contributed by atoms with Gasteiger partial charge >= 0.3 is 5.97 Å². The number of hydrogen-bond acceptors (Lipinski definition) is 3. The highest BCUT2D eigenvalue weighted by Gasteiger charge is 2.37. The van der Waals surface area contributed by atoms with Crippen molar-refractivity contribution in [3.8, 4) is 5.75 Å². The molecule has 0 unspecified atom stereocenters. The number of nitrogens with zero attached hydrogens (tertiary/aromatic N) is 1. The van der Waals surface area contributed by atoms with Gasteiger partial charge in [-0.2, -0.15) is 0 Å². The quantitative estimate of drug-likeness (QED) is 0.898. The van der Waals surface area contributed by atoms with Crippen LogP contribution in [0.2, 0.25) is 0 Å². The van der Waals surface area contributed by atoms with Gasteiger partial charge in [-0.05, 0) is 56.7 Å². The van der Waals surface area contributed by atoms with Crippen molar-refractivity contribution in [2.45, 2.75) is 26.3 Å². The molecule has 2 aromatic carbocycles. The van der Waals surface area contributed by atoms with Gasteiger partial charge in [-0.25, -0.2) is 4.79 Å². The van der Waals surface area contributed by atoms with Crippen LogP contribution in [0.3, 0.4) is 0 Å². The van der Waals surface area contributed by atoms with E-state index < -0.39 is 11.5 Å². The Kier molecular flexibility index (Phi) is 4.32. The Morgan fingerprint density at radius 2 is 1.73 bits per heavy atom. The van der Waals surface area contributed by atoms with Gasteiger partial charge in [0.15, 0.2) is 0 Å². The molecule has 0 saturated carbocycles. The summed E-state index contributed by atoms with van der Waals surface area (Å²) in [6.45, 7) is 5.86. The fraction of sp³-hybridized carbons (Fsp3) is 0.238. The summed E-state index contributed by atoms with van der Waals surface area (Å²) in [5.74, 6) is -0.761. The minimum atomic E-state index is -1.12. The molecule has 5 heteroatoms. The second-order valence-corrected chi connectivity index (χ2v) is 6.86. The molecule has 0 radical (unpaired) electrons. The minimum absolute atomic E-state index is 0.00497. The van der Waals surface area contributed by atoms with Gasteiger partial charge in [0.05, 0.1) is 29.5 Å². The molecule has 0 atom stereocenters. The van der Waals surface area contributed by atoms with E-state index in [1.807, 2.05) is 39.0 Å². The van der Waals surface area contributed by atoms with Gasteiger partial charge in [0.25, 0.3) is 5.91 Å². The van der Waals surface area contributed by atoms with E-state index in [1.165, 1.54) is 6.07 Å². The summed E-state index contributed by atoms with van der Waals surface area (Å²) in [5, 5.41) is 9.45. The Labute approximate surface area is 152 Å². The number of carboxylic acids is 1. The first-order valence-corrected chi connectivity index (χ1v) is 8.31. The Balaban J connectivity index is 2.19. The number of carbonyl (C=O) groups excluding carboxylic acids is 1. The maximum absolute atomic E-state index is 13.4. The van der Waals surface area contributed by atoms with Crippen LogP contribution in [0.4, 0.5) is 5.69 Å². The molecule has 3 rings (SSSR count). The van der Waals surface area contributed by atoms with Gasteiger partial charge in [-0.15, -0.1) is 0 Å². The summed E-state index contributed by atoms with van der Waals surface area (Å²) in [6.07, 6.45) is 2.01. The average molecular weight is 351 g/mol. The third-order valence-electron chi connectivity index (χ3n) is 4.61. The minimum Gasteiger partial charge on any atom is -0.497 e. The normalized spacial score (nSPS) is 15.1. The fourth-order valence-electron chi connectivity index (χ4n) is 3.48.